The fourth-order valence-electron chi connectivity index (χ4n) is 4.07. The Hall–Kier alpha value is -4.09. The number of nitrogens with zero attached hydrogens (tertiary/aromatic N) is 5. The number of hydrogen-bond acceptors (Lipinski definition) is 7. The zero-order chi connectivity index (χ0) is 23.7. The quantitative estimate of drug-likeness (QED) is 0.425. The van der Waals surface area contributed by atoms with Crippen LogP contribution >= 0.6 is 0 Å². The van der Waals surface area contributed by atoms with Crippen molar-refractivity contribution in [1.82, 2.24) is 24.6 Å². The Morgan fingerprint density at radius 3 is 2.71 bits per heavy atom. The maximum absolute atomic E-state index is 6.27. The lowest BCUT2D eigenvalue weighted by molar-refractivity contribution is 0.0239. The Morgan fingerprint density at radius 2 is 2.00 bits per heavy atom. The van der Waals surface area contributed by atoms with Gasteiger partial charge in [-0.3, -0.25) is 9.58 Å². The number of nitrogens with one attached hydrogen (secondary N) is 1. The first-order chi connectivity index (χ1) is 16.5. The van der Waals surface area contributed by atoms with E-state index in [1.54, 1.807) is 24.1 Å². The summed E-state index contributed by atoms with van der Waals surface area (Å²) in [6.45, 7) is 5.06. The van der Waals surface area contributed by atoms with Crippen LogP contribution in [-0.4, -0.2) is 57.5 Å². The van der Waals surface area contributed by atoms with E-state index < -0.39 is 0 Å². The van der Waals surface area contributed by atoms with Gasteiger partial charge in [0.25, 0.3) is 0 Å². The third kappa shape index (κ3) is 4.38. The monoisotopic (exact) mass is 454 g/mol. The summed E-state index contributed by atoms with van der Waals surface area (Å²) in [7, 11) is 3.50. The Morgan fingerprint density at radius 1 is 1.15 bits per heavy atom. The topological polar surface area (TPSA) is 77.3 Å². The molecule has 2 aromatic carbocycles. The van der Waals surface area contributed by atoms with Crippen LogP contribution in [0.15, 0.2) is 48.9 Å². The van der Waals surface area contributed by atoms with Crippen molar-refractivity contribution in [2.45, 2.75) is 13.0 Å². The number of fused-ring (bicyclic) bond motifs is 1. The van der Waals surface area contributed by atoms with Crippen LogP contribution in [0.2, 0.25) is 0 Å². The Kier molecular flexibility index (Phi) is 5.78. The molecule has 1 saturated heterocycles. The average Bonchev–Trinajstić information content (AvgIpc) is 3.26. The second-order valence-corrected chi connectivity index (χ2v) is 8.32. The summed E-state index contributed by atoms with van der Waals surface area (Å²) in [6, 6.07) is 9.72. The smallest absolute Gasteiger partial charge is 0.227 e. The van der Waals surface area contributed by atoms with Gasteiger partial charge in [-0.1, -0.05) is 12.8 Å². The number of rotatable bonds is 7. The molecule has 1 aliphatic rings. The highest BCUT2D eigenvalue weighted by molar-refractivity contribution is 5.86. The van der Waals surface area contributed by atoms with Crippen LogP contribution < -0.4 is 14.8 Å². The van der Waals surface area contributed by atoms with Gasteiger partial charge in [-0.2, -0.15) is 5.10 Å². The van der Waals surface area contributed by atoms with E-state index in [1.807, 2.05) is 43.7 Å². The molecule has 0 amide bonds. The van der Waals surface area contributed by atoms with E-state index in [-0.39, 0.29) is 6.10 Å². The molecule has 4 aromatic rings. The molecule has 0 aliphatic carbocycles. The molecule has 0 bridgehead atoms. The molecule has 2 aromatic heterocycles. The molecule has 34 heavy (non-hydrogen) atoms. The van der Waals surface area contributed by atoms with Gasteiger partial charge in [-0.05, 0) is 36.4 Å². The molecule has 0 saturated carbocycles. The Labute approximate surface area is 198 Å². The first-order valence-electron chi connectivity index (χ1n) is 11.2. The van der Waals surface area contributed by atoms with E-state index in [9.17, 15) is 0 Å². The molecule has 172 valence electrons. The molecule has 8 heteroatoms. The molecule has 1 fully saturated rings. The number of terminal acetylenes is 1. The molecule has 0 unspecified atom stereocenters. The van der Waals surface area contributed by atoms with Crippen molar-refractivity contribution in [3.05, 3.63) is 54.5 Å². The highest BCUT2D eigenvalue weighted by Gasteiger charge is 2.27. The van der Waals surface area contributed by atoms with Gasteiger partial charge in [-0.15, -0.1) is 6.42 Å². The highest BCUT2D eigenvalue weighted by atomic mass is 16.5. The van der Waals surface area contributed by atoms with Crippen LogP contribution in [0.4, 0.5) is 11.6 Å². The van der Waals surface area contributed by atoms with Crippen LogP contribution in [0.5, 0.6) is 11.5 Å². The van der Waals surface area contributed by atoms with Crippen LogP contribution in [0, 0.1) is 12.3 Å². The third-order valence-corrected chi connectivity index (χ3v) is 5.91. The number of likely N-dealkylation sites (tertiary alicyclic amines) is 1. The summed E-state index contributed by atoms with van der Waals surface area (Å²) < 4.78 is 13.6. The standard InChI is InChI=1S/C26H26N6O2/c1-5-17-7-19-12-27-26(30-25(19)24(8-17)33-4)29-21-9-18(20-13-28-31(3)14-20)10-22(11-21)34-23-15-32(6-2)16-23/h1,7-14,23H,6,15-16H2,2-4H3,(H,27,29,30). The zero-order valence-corrected chi connectivity index (χ0v) is 19.4. The van der Waals surface area contributed by atoms with Crippen molar-refractivity contribution in [3.8, 4) is 35.0 Å². The van der Waals surface area contributed by atoms with Crippen molar-refractivity contribution in [3.63, 3.8) is 0 Å². The van der Waals surface area contributed by atoms with E-state index in [0.29, 0.717) is 17.2 Å². The minimum atomic E-state index is 0.184. The Bertz CT molecular complexity index is 1380. The summed E-state index contributed by atoms with van der Waals surface area (Å²) in [5.41, 5.74) is 4.23. The van der Waals surface area contributed by atoms with Gasteiger partial charge in [0.05, 0.1) is 13.3 Å². The summed E-state index contributed by atoms with van der Waals surface area (Å²) in [5.74, 6) is 4.49. The van der Waals surface area contributed by atoms with Gasteiger partial charge in [0.15, 0.2) is 0 Å². The molecule has 0 radical (unpaired) electrons. The van der Waals surface area contributed by atoms with Gasteiger partial charge < -0.3 is 14.8 Å². The molecular formula is C26H26N6O2. The number of aryl methyl sites for hydroxylation is 1. The summed E-state index contributed by atoms with van der Waals surface area (Å²) in [4.78, 5) is 11.5. The first-order valence-corrected chi connectivity index (χ1v) is 11.2. The van der Waals surface area contributed by atoms with Gasteiger partial charge in [0.2, 0.25) is 5.95 Å². The lowest BCUT2D eigenvalue weighted by atomic mass is 10.1. The van der Waals surface area contributed by atoms with Gasteiger partial charge in [0.1, 0.15) is 23.1 Å². The lowest BCUT2D eigenvalue weighted by Gasteiger charge is -2.38. The fourth-order valence-corrected chi connectivity index (χ4v) is 4.07. The third-order valence-electron chi connectivity index (χ3n) is 5.91. The second kappa shape index (κ2) is 9.04. The van der Waals surface area contributed by atoms with E-state index in [1.165, 1.54) is 0 Å². The van der Waals surface area contributed by atoms with E-state index in [4.69, 9.17) is 15.9 Å². The molecule has 3 heterocycles. The number of anilines is 2. The van der Waals surface area contributed by atoms with Crippen molar-refractivity contribution < 1.29 is 9.47 Å². The molecule has 8 nitrogen and oxygen atoms in total. The predicted molar refractivity (Wildman–Crippen MR) is 132 cm³/mol. The van der Waals surface area contributed by atoms with Gasteiger partial charge >= 0.3 is 0 Å². The Balaban J connectivity index is 1.48. The highest BCUT2D eigenvalue weighted by Crippen LogP contribution is 2.32. The SMILES string of the molecule is C#Cc1cc(OC)c2nc(Nc3cc(OC4CN(CC)C4)cc(-c4cnn(C)c4)c3)ncc2c1. The van der Waals surface area contributed by atoms with E-state index in [2.05, 4.69) is 38.1 Å². The molecule has 1 aliphatic heterocycles. The maximum Gasteiger partial charge on any atom is 0.227 e. The summed E-state index contributed by atoms with van der Waals surface area (Å²) in [5, 5.41) is 8.45. The van der Waals surface area contributed by atoms with Gasteiger partial charge in [-0.25, -0.2) is 9.97 Å². The van der Waals surface area contributed by atoms with Crippen LogP contribution in [0.3, 0.4) is 0 Å². The lowest BCUT2D eigenvalue weighted by Crippen LogP contribution is -2.53. The van der Waals surface area contributed by atoms with Crippen molar-refractivity contribution >= 4 is 22.5 Å². The number of likely N-dealkylation sites (N-methyl/N-ethyl adjacent to an activating group) is 1. The minimum Gasteiger partial charge on any atom is -0.494 e. The predicted octanol–water partition coefficient (Wildman–Crippen LogP) is 3.85. The van der Waals surface area contributed by atoms with Crippen molar-refractivity contribution in [2.75, 3.05) is 32.1 Å². The van der Waals surface area contributed by atoms with Crippen LogP contribution in [-0.2, 0) is 7.05 Å². The summed E-state index contributed by atoms with van der Waals surface area (Å²) >= 11 is 0. The number of hydrogen-bond donors (Lipinski definition) is 1. The average molecular weight is 455 g/mol. The zero-order valence-electron chi connectivity index (χ0n) is 19.4. The van der Waals surface area contributed by atoms with E-state index >= 15 is 0 Å². The molecule has 0 spiro atoms. The minimum absolute atomic E-state index is 0.184. The first kappa shape index (κ1) is 21.7. The second-order valence-electron chi connectivity index (χ2n) is 8.32. The fraction of sp³-hybridized carbons (Fsp3) is 0.269. The summed E-state index contributed by atoms with van der Waals surface area (Å²) in [6.07, 6.45) is 11.3. The number of benzene rings is 2. The van der Waals surface area contributed by atoms with E-state index in [0.717, 1.165) is 53.1 Å². The van der Waals surface area contributed by atoms with Crippen molar-refractivity contribution in [1.29, 1.82) is 0 Å². The largest absolute Gasteiger partial charge is 0.494 e. The normalized spacial score (nSPS) is 13.9. The molecule has 0 atom stereocenters. The van der Waals surface area contributed by atoms with Crippen LogP contribution in [0.1, 0.15) is 12.5 Å². The molecule has 5 rings (SSSR count). The van der Waals surface area contributed by atoms with Crippen LogP contribution in [0.25, 0.3) is 22.0 Å². The molecule has 1 N–H and O–H groups in total. The van der Waals surface area contributed by atoms with Crippen molar-refractivity contribution in [2.24, 2.45) is 7.05 Å². The number of aromatic nitrogens is 4. The molecular weight excluding hydrogens is 428 g/mol. The van der Waals surface area contributed by atoms with Gasteiger partial charge in [0, 0.05) is 60.8 Å². The number of methoxy groups -OCH3 is 1. The number of ether oxygens (including phenoxy) is 2. The maximum atomic E-state index is 6.27.